The summed E-state index contributed by atoms with van der Waals surface area (Å²) in [6.45, 7) is 8.91. The van der Waals surface area contributed by atoms with Gasteiger partial charge in [0.15, 0.2) is 5.65 Å². The van der Waals surface area contributed by atoms with Crippen molar-refractivity contribution in [3.63, 3.8) is 0 Å². The number of aromatic nitrogens is 4. The quantitative estimate of drug-likeness (QED) is 0.196. The minimum atomic E-state index is -0.460. The Balaban J connectivity index is 1.34. The van der Waals surface area contributed by atoms with Gasteiger partial charge in [0.1, 0.15) is 47.5 Å². The second kappa shape index (κ2) is 12.1. The molecule has 40 heavy (non-hydrogen) atoms. The predicted octanol–water partition coefficient (Wildman–Crippen LogP) is 6.29. The zero-order chi connectivity index (χ0) is 28.1. The summed E-state index contributed by atoms with van der Waals surface area (Å²) in [5.74, 6) is 1.13. The highest BCUT2D eigenvalue weighted by Crippen LogP contribution is 2.35. The standard InChI is InChI=1S/C30H31FN6O3/c1-19(4-5-20(2)33-3)17-39-25-14-22(31)15-26(16-25)40-24-8-6-21(7-9-24)28-27-29(32)34-18-35-30(27)37(36-28)23-10-12-38-13-11-23/h4-9,14-16,18,23H,3,10-13,17H2,1-2H3,(H2,32,34,35). The molecule has 1 fully saturated rings. The van der Waals surface area contributed by atoms with Gasteiger partial charge in [0.05, 0.1) is 11.4 Å². The molecule has 0 spiro atoms. The highest BCUT2D eigenvalue weighted by molar-refractivity contribution is 5.98. The second-order valence-corrected chi connectivity index (χ2v) is 9.61. The molecule has 3 heterocycles. The first-order valence-electron chi connectivity index (χ1n) is 13.0. The molecule has 1 aliphatic rings. The van der Waals surface area contributed by atoms with Crippen molar-refractivity contribution in [2.45, 2.75) is 32.7 Å². The van der Waals surface area contributed by atoms with Gasteiger partial charge in [0, 0.05) is 42.7 Å². The summed E-state index contributed by atoms with van der Waals surface area (Å²) in [5, 5.41) is 5.61. The first-order chi connectivity index (χ1) is 19.4. The SMILES string of the molecule is C=NC(C)=CC=C(C)COc1cc(F)cc(Oc2ccc(-c3nn(C4CCOCC4)c4ncnc(N)c34)cc2)c1. The van der Waals surface area contributed by atoms with Gasteiger partial charge in [0.25, 0.3) is 0 Å². The van der Waals surface area contributed by atoms with E-state index >= 15 is 0 Å². The average Bonchev–Trinajstić information content (AvgIpc) is 3.36. The van der Waals surface area contributed by atoms with Crippen LogP contribution in [0.5, 0.6) is 17.2 Å². The van der Waals surface area contributed by atoms with Gasteiger partial charge in [-0.15, -0.1) is 0 Å². The number of ether oxygens (including phenoxy) is 3. The molecule has 0 saturated carbocycles. The van der Waals surface area contributed by atoms with Crippen molar-refractivity contribution < 1.29 is 18.6 Å². The van der Waals surface area contributed by atoms with Crippen molar-refractivity contribution >= 4 is 23.6 Å². The van der Waals surface area contributed by atoms with E-state index in [1.165, 1.54) is 18.5 Å². The first-order valence-corrected chi connectivity index (χ1v) is 13.0. The number of nitrogens with two attached hydrogens (primary N) is 1. The maximum atomic E-state index is 14.3. The molecule has 0 aliphatic carbocycles. The molecule has 0 atom stereocenters. The van der Waals surface area contributed by atoms with Gasteiger partial charge >= 0.3 is 0 Å². The fourth-order valence-corrected chi connectivity index (χ4v) is 4.44. The summed E-state index contributed by atoms with van der Waals surface area (Å²) >= 11 is 0. The molecule has 0 radical (unpaired) electrons. The smallest absolute Gasteiger partial charge is 0.164 e. The van der Waals surface area contributed by atoms with Crippen LogP contribution in [0.2, 0.25) is 0 Å². The van der Waals surface area contributed by atoms with E-state index in [-0.39, 0.29) is 6.04 Å². The molecular weight excluding hydrogens is 511 g/mol. The van der Waals surface area contributed by atoms with Crippen molar-refractivity contribution in [3.8, 4) is 28.5 Å². The topological polar surface area (TPSA) is 110 Å². The van der Waals surface area contributed by atoms with E-state index in [1.54, 1.807) is 18.2 Å². The summed E-state index contributed by atoms with van der Waals surface area (Å²) in [6.07, 6.45) is 6.90. The molecular formula is C30H31FN6O3. The number of anilines is 1. The monoisotopic (exact) mass is 542 g/mol. The third-order valence-electron chi connectivity index (χ3n) is 6.59. The molecule has 2 N–H and O–H groups in total. The van der Waals surface area contributed by atoms with Crippen LogP contribution in [0.4, 0.5) is 10.2 Å². The molecule has 9 nitrogen and oxygen atoms in total. The number of nitrogen functional groups attached to an aromatic ring is 1. The predicted molar refractivity (Wildman–Crippen MR) is 153 cm³/mol. The summed E-state index contributed by atoms with van der Waals surface area (Å²) in [4.78, 5) is 12.5. The summed E-state index contributed by atoms with van der Waals surface area (Å²) in [5.41, 5.74) is 10.2. The summed E-state index contributed by atoms with van der Waals surface area (Å²) in [6, 6.07) is 11.8. The lowest BCUT2D eigenvalue weighted by Gasteiger charge is -2.22. The van der Waals surface area contributed by atoms with Crippen molar-refractivity contribution in [3.05, 3.63) is 78.0 Å². The summed E-state index contributed by atoms with van der Waals surface area (Å²) < 4.78 is 33.5. The maximum Gasteiger partial charge on any atom is 0.164 e. The van der Waals surface area contributed by atoms with Gasteiger partial charge in [-0.05, 0) is 69.3 Å². The van der Waals surface area contributed by atoms with Crippen LogP contribution in [0.3, 0.4) is 0 Å². The van der Waals surface area contributed by atoms with Gasteiger partial charge in [-0.3, -0.25) is 4.99 Å². The maximum absolute atomic E-state index is 14.3. The number of aliphatic imine (C=N–C) groups is 1. The number of benzene rings is 2. The fourth-order valence-electron chi connectivity index (χ4n) is 4.44. The van der Waals surface area contributed by atoms with E-state index in [2.05, 4.69) is 21.7 Å². The largest absolute Gasteiger partial charge is 0.489 e. The lowest BCUT2D eigenvalue weighted by Crippen LogP contribution is -2.20. The van der Waals surface area contributed by atoms with Crippen LogP contribution in [0, 0.1) is 5.82 Å². The van der Waals surface area contributed by atoms with Gasteiger partial charge in [-0.2, -0.15) is 5.10 Å². The molecule has 1 aliphatic heterocycles. The van der Waals surface area contributed by atoms with Crippen molar-refractivity contribution in [1.29, 1.82) is 0 Å². The van der Waals surface area contributed by atoms with Crippen LogP contribution in [0.15, 0.2) is 77.2 Å². The highest BCUT2D eigenvalue weighted by Gasteiger charge is 2.24. The zero-order valence-electron chi connectivity index (χ0n) is 22.5. The van der Waals surface area contributed by atoms with E-state index in [0.717, 1.165) is 29.7 Å². The van der Waals surface area contributed by atoms with Crippen molar-refractivity contribution in [2.75, 3.05) is 25.6 Å². The Morgan fingerprint density at radius 2 is 1.85 bits per heavy atom. The normalized spacial score (nSPS) is 14.9. The molecule has 2 aromatic carbocycles. The average molecular weight is 543 g/mol. The molecule has 0 unspecified atom stereocenters. The van der Waals surface area contributed by atoms with Crippen LogP contribution in [-0.4, -0.2) is 46.3 Å². The second-order valence-electron chi connectivity index (χ2n) is 9.61. The Bertz CT molecular complexity index is 1570. The zero-order valence-corrected chi connectivity index (χ0v) is 22.5. The molecule has 0 amide bonds. The van der Waals surface area contributed by atoms with Crippen LogP contribution < -0.4 is 15.2 Å². The number of fused-ring (bicyclic) bond motifs is 1. The number of halogens is 1. The van der Waals surface area contributed by atoms with E-state index in [1.807, 2.05) is 42.8 Å². The lowest BCUT2D eigenvalue weighted by atomic mass is 10.1. The third-order valence-corrected chi connectivity index (χ3v) is 6.59. The van der Waals surface area contributed by atoms with Gasteiger partial charge in [-0.1, -0.05) is 6.08 Å². The highest BCUT2D eigenvalue weighted by atomic mass is 19.1. The lowest BCUT2D eigenvalue weighted by molar-refractivity contribution is 0.0674. The Hall–Kier alpha value is -4.57. The van der Waals surface area contributed by atoms with E-state index in [4.69, 9.17) is 25.0 Å². The molecule has 5 rings (SSSR count). The van der Waals surface area contributed by atoms with Gasteiger partial charge in [0.2, 0.25) is 0 Å². The Morgan fingerprint density at radius 1 is 1.10 bits per heavy atom. The molecule has 206 valence electrons. The number of allylic oxidation sites excluding steroid dienone is 3. The Kier molecular flexibility index (Phi) is 8.16. The van der Waals surface area contributed by atoms with Crippen LogP contribution >= 0.6 is 0 Å². The number of nitrogens with zero attached hydrogens (tertiary/aromatic N) is 5. The number of hydrogen-bond acceptors (Lipinski definition) is 8. The van der Waals surface area contributed by atoms with E-state index in [0.29, 0.717) is 59.6 Å². The molecule has 1 saturated heterocycles. The minimum absolute atomic E-state index is 0.176. The molecule has 0 bridgehead atoms. The number of rotatable bonds is 9. The molecule has 10 heteroatoms. The fraction of sp³-hybridized carbons (Fsp3) is 0.267. The van der Waals surface area contributed by atoms with Crippen molar-refractivity contribution in [2.24, 2.45) is 4.99 Å². The van der Waals surface area contributed by atoms with Crippen LogP contribution in [-0.2, 0) is 4.74 Å². The first kappa shape index (κ1) is 27.0. The van der Waals surface area contributed by atoms with Gasteiger partial charge < -0.3 is 19.9 Å². The Labute approximate surface area is 231 Å². The van der Waals surface area contributed by atoms with Crippen molar-refractivity contribution in [1.82, 2.24) is 19.7 Å². The van der Waals surface area contributed by atoms with Gasteiger partial charge in [-0.25, -0.2) is 19.0 Å². The van der Waals surface area contributed by atoms with E-state index < -0.39 is 5.82 Å². The molecule has 2 aromatic heterocycles. The van der Waals surface area contributed by atoms with Crippen LogP contribution in [0.25, 0.3) is 22.3 Å². The van der Waals surface area contributed by atoms with Crippen LogP contribution in [0.1, 0.15) is 32.7 Å². The Morgan fingerprint density at radius 3 is 2.60 bits per heavy atom. The number of hydrogen-bond donors (Lipinski definition) is 1. The minimum Gasteiger partial charge on any atom is -0.489 e. The van der Waals surface area contributed by atoms with E-state index in [9.17, 15) is 4.39 Å². The summed E-state index contributed by atoms with van der Waals surface area (Å²) in [7, 11) is 0. The third kappa shape index (κ3) is 6.18. The molecule has 4 aromatic rings.